The smallest absolute Gasteiger partial charge is 0.337 e. The van der Waals surface area contributed by atoms with E-state index in [2.05, 4.69) is 15.3 Å². The molecular weight excluding hydrogens is 290 g/mol. The number of nitrogens with one attached hydrogen (secondary N) is 1. The summed E-state index contributed by atoms with van der Waals surface area (Å²) in [6.07, 6.45) is 3.03. The van der Waals surface area contributed by atoms with Gasteiger partial charge in [0.25, 0.3) is 0 Å². The first-order chi connectivity index (χ1) is 10.1. The van der Waals surface area contributed by atoms with Gasteiger partial charge in [0.1, 0.15) is 5.82 Å². The van der Waals surface area contributed by atoms with Gasteiger partial charge in [0.15, 0.2) is 0 Å². The Bertz CT molecular complexity index is 831. The molecule has 5 nitrogen and oxygen atoms in total. The highest BCUT2D eigenvalue weighted by Crippen LogP contribution is 2.26. The summed E-state index contributed by atoms with van der Waals surface area (Å²) >= 11 is 5.81. The minimum atomic E-state index is -1.09. The number of benzene rings is 1. The van der Waals surface area contributed by atoms with Crippen LogP contribution in [-0.4, -0.2) is 21.0 Å². The number of halogens is 1. The van der Waals surface area contributed by atoms with Gasteiger partial charge in [-0.15, -0.1) is 0 Å². The molecule has 0 aliphatic heterocycles. The molecule has 3 rings (SSSR count). The van der Waals surface area contributed by atoms with Crippen molar-refractivity contribution >= 4 is 40.0 Å². The van der Waals surface area contributed by atoms with Crippen molar-refractivity contribution < 1.29 is 9.90 Å². The van der Waals surface area contributed by atoms with Crippen LogP contribution in [0.2, 0.25) is 5.02 Å². The summed E-state index contributed by atoms with van der Waals surface area (Å²) in [5.74, 6) is -0.682. The first-order valence-corrected chi connectivity index (χ1v) is 6.52. The lowest BCUT2D eigenvalue weighted by atomic mass is 10.2. The van der Waals surface area contributed by atoms with Crippen molar-refractivity contribution in [1.29, 1.82) is 0 Å². The van der Waals surface area contributed by atoms with Crippen molar-refractivity contribution in [1.82, 2.24) is 9.97 Å². The molecule has 6 heteroatoms. The molecule has 0 fully saturated rings. The van der Waals surface area contributed by atoms with Gasteiger partial charge in [0.2, 0.25) is 0 Å². The summed E-state index contributed by atoms with van der Waals surface area (Å²) < 4.78 is 0. The van der Waals surface area contributed by atoms with Gasteiger partial charge in [0, 0.05) is 23.5 Å². The van der Waals surface area contributed by atoms with Crippen LogP contribution < -0.4 is 5.32 Å². The van der Waals surface area contributed by atoms with E-state index in [9.17, 15) is 4.79 Å². The van der Waals surface area contributed by atoms with E-state index < -0.39 is 5.97 Å². The lowest BCUT2D eigenvalue weighted by molar-refractivity contribution is 0.0697. The predicted octanol–water partition coefficient (Wildman–Crippen LogP) is 3.73. The van der Waals surface area contributed by atoms with Gasteiger partial charge in [-0.05, 0) is 30.3 Å². The molecule has 0 bridgehead atoms. The van der Waals surface area contributed by atoms with Gasteiger partial charge in [-0.1, -0.05) is 17.7 Å². The second-order valence-corrected chi connectivity index (χ2v) is 4.76. The number of rotatable bonds is 3. The number of nitrogens with zero attached hydrogens (tertiary/aromatic N) is 2. The second kappa shape index (κ2) is 5.38. The Kier molecular flexibility index (Phi) is 3.41. The van der Waals surface area contributed by atoms with E-state index in [1.165, 1.54) is 12.3 Å². The maximum Gasteiger partial charge on any atom is 0.337 e. The van der Waals surface area contributed by atoms with Gasteiger partial charge in [-0.2, -0.15) is 0 Å². The number of fused-ring (bicyclic) bond motifs is 1. The van der Waals surface area contributed by atoms with E-state index in [1.54, 1.807) is 6.20 Å². The lowest BCUT2D eigenvalue weighted by Gasteiger charge is -2.09. The number of carbonyl (C=O) groups is 1. The monoisotopic (exact) mass is 299 g/mol. The van der Waals surface area contributed by atoms with Crippen LogP contribution in [0.15, 0.2) is 48.8 Å². The molecule has 0 spiro atoms. The van der Waals surface area contributed by atoms with Crippen molar-refractivity contribution in [2.24, 2.45) is 0 Å². The third-order valence-electron chi connectivity index (χ3n) is 2.99. The minimum Gasteiger partial charge on any atom is -0.478 e. The number of carboxylic acids is 1. The van der Waals surface area contributed by atoms with Crippen LogP contribution in [0.3, 0.4) is 0 Å². The first-order valence-electron chi connectivity index (χ1n) is 6.15. The molecule has 0 saturated carbocycles. The summed E-state index contributed by atoms with van der Waals surface area (Å²) in [6, 6.07) is 10.8. The normalized spacial score (nSPS) is 10.5. The molecule has 104 valence electrons. The molecule has 0 aliphatic carbocycles. The number of aromatic carboxylic acids is 1. The molecule has 0 atom stereocenters. The average Bonchev–Trinajstić information content (AvgIpc) is 2.49. The number of aromatic nitrogens is 2. The Balaban J connectivity index is 2.03. The Morgan fingerprint density at radius 3 is 2.86 bits per heavy atom. The first kappa shape index (κ1) is 13.3. The molecule has 2 N–H and O–H groups in total. The van der Waals surface area contributed by atoms with Gasteiger partial charge < -0.3 is 10.4 Å². The SMILES string of the molecule is O=C(O)c1cc(Nc2cccc3ncccc23)ncc1Cl. The maximum atomic E-state index is 11.1. The third-order valence-corrected chi connectivity index (χ3v) is 3.30. The average molecular weight is 300 g/mol. The molecular formula is C15H10ClN3O2. The van der Waals surface area contributed by atoms with Gasteiger partial charge in [-0.25, -0.2) is 9.78 Å². The third kappa shape index (κ3) is 2.64. The highest BCUT2D eigenvalue weighted by molar-refractivity contribution is 6.33. The fraction of sp³-hybridized carbons (Fsp3) is 0. The molecule has 21 heavy (non-hydrogen) atoms. The fourth-order valence-electron chi connectivity index (χ4n) is 2.02. The second-order valence-electron chi connectivity index (χ2n) is 4.36. The Hall–Kier alpha value is -2.66. The Morgan fingerprint density at radius 1 is 1.19 bits per heavy atom. The standard InChI is InChI=1S/C15H10ClN3O2/c16-11-8-18-14(7-10(11)15(20)21)19-13-5-1-4-12-9(13)3-2-6-17-12/h1-8H,(H,18,19)(H,20,21). The summed E-state index contributed by atoms with van der Waals surface area (Å²) in [5, 5.41) is 13.2. The van der Waals surface area contributed by atoms with Crippen LogP contribution >= 0.6 is 11.6 Å². The van der Waals surface area contributed by atoms with Crippen LogP contribution in [0.1, 0.15) is 10.4 Å². The van der Waals surface area contributed by atoms with E-state index in [4.69, 9.17) is 16.7 Å². The Morgan fingerprint density at radius 2 is 2.05 bits per heavy atom. The largest absolute Gasteiger partial charge is 0.478 e. The van der Waals surface area contributed by atoms with Gasteiger partial charge in [-0.3, -0.25) is 4.98 Å². The predicted molar refractivity (Wildman–Crippen MR) is 81.2 cm³/mol. The topological polar surface area (TPSA) is 75.1 Å². The van der Waals surface area contributed by atoms with Gasteiger partial charge >= 0.3 is 5.97 Å². The van der Waals surface area contributed by atoms with Crippen molar-refractivity contribution in [2.45, 2.75) is 0 Å². The maximum absolute atomic E-state index is 11.1. The van der Waals surface area contributed by atoms with Gasteiger partial charge in [0.05, 0.1) is 16.1 Å². The van der Waals surface area contributed by atoms with E-state index in [0.29, 0.717) is 5.82 Å². The molecule has 0 aliphatic rings. The van der Waals surface area contributed by atoms with E-state index in [1.807, 2.05) is 30.3 Å². The van der Waals surface area contributed by atoms with Crippen molar-refractivity contribution in [3.8, 4) is 0 Å². The van der Waals surface area contributed by atoms with Crippen molar-refractivity contribution in [3.63, 3.8) is 0 Å². The van der Waals surface area contributed by atoms with Crippen LogP contribution in [0.25, 0.3) is 10.9 Å². The highest BCUT2D eigenvalue weighted by atomic mass is 35.5. The molecule has 2 heterocycles. The fourth-order valence-corrected chi connectivity index (χ4v) is 2.21. The Labute approximate surface area is 125 Å². The molecule has 2 aromatic heterocycles. The van der Waals surface area contributed by atoms with Crippen LogP contribution in [0.5, 0.6) is 0 Å². The van der Waals surface area contributed by atoms with Crippen molar-refractivity contribution in [3.05, 3.63) is 59.4 Å². The number of carboxylic acid groups (broad SMARTS) is 1. The highest BCUT2D eigenvalue weighted by Gasteiger charge is 2.11. The quantitative estimate of drug-likeness (QED) is 0.771. The summed E-state index contributed by atoms with van der Waals surface area (Å²) in [7, 11) is 0. The van der Waals surface area contributed by atoms with E-state index >= 15 is 0 Å². The molecule has 1 aromatic carbocycles. The number of hydrogen-bond donors (Lipinski definition) is 2. The number of anilines is 2. The molecule has 0 amide bonds. The zero-order valence-corrected chi connectivity index (χ0v) is 11.5. The number of hydrogen-bond acceptors (Lipinski definition) is 4. The molecule has 0 saturated heterocycles. The minimum absolute atomic E-state index is 0.00697. The lowest BCUT2D eigenvalue weighted by Crippen LogP contribution is -2.01. The summed E-state index contributed by atoms with van der Waals surface area (Å²) in [4.78, 5) is 19.5. The summed E-state index contributed by atoms with van der Waals surface area (Å²) in [5.41, 5.74) is 1.65. The zero-order chi connectivity index (χ0) is 14.8. The molecule has 0 radical (unpaired) electrons. The molecule has 3 aromatic rings. The summed E-state index contributed by atoms with van der Waals surface area (Å²) in [6.45, 7) is 0. The van der Waals surface area contributed by atoms with E-state index in [-0.39, 0.29) is 10.6 Å². The molecule has 0 unspecified atom stereocenters. The zero-order valence-electron chi connectivity index (χ0n) is 10.7. The van der Waals surface area contributed by atoms with Crippen LogP contribution in [0.4, 0.5) is 11.5 Å². The van der Waals surface area contributed by atoms with Crippen molar-refractivity contribution in [2.75, 3.05) is 5.32 Å². The van der Waals surface area contributed by atoms with Crippen LogP contribution in [0, 0.1) is 0 Å². The number of pyridine rings is 2. The van der Waals surface area contributed by atoms with E-state index in [0.717, 1.165) is 16.6 Å². The van der Waals surface area contributed by atoms with Crippen LogP contribution in [-0.2, 0) is 0 Å².